The minimum atomic E-state index is -3.83. The summed E-state index contributed by atoms with van der Waals surface area (Å²) < 4.78 is 38.0. The van der Waals surface area contributed by atoms with E-state index in [4.69, 9.17) is 8.94 Å². The van der Waals surface area contributed by atoms with E-state index in [1.165, 1.54) is 10.4 Å². The van der Waals surface area contributed by atoms with Crippen molar-refractivity contribution in [2.75, 3.05) is 32.7 Å². The van der Waals surface area contributed by atoms with Crippen molar-refractivity contribution >= 4 is 15.9 Å². The summed E-state index contributed by atoms with van der Waals surface area (Å²) >= 11 is 0. The van der Waals surface area contributed by atoms with Crippen LogP contribution in [0, 0.1) is 13.8 Å². The molecule has 0 radical (unpaired) electrons. The van der Waals surface area contributed by atoms with Gasteiger partial charge in [-0.25, -0.2) is 8.42 Å². The Labute approximate surface area is 151 Å². The number of fused-ring (bicyclic) bond motifs is 1. The van der Waals surface area contributed by atoms with Crippen LogP contribution in [0.2, 0.25) is 0 Å². The molecule has 0 bridgehead atoms. The van der Waals surface area contributed by atoms with Gasteiger partial charge >= 0.3 is 0 Å². The topological polar surface area (TPSA) is 109 Å². The fourth-order valence-electron chi connectivity index (χ4n) is 3.32. The second kappa shape index (κ2) is 6.22. The molecule has 1 unspecified atom stereocenters. The van der Waals surface area contributed by atoms with E-state index in [1.807, 2.05) is 11.8 Å². The normalized spacial score (nSPS) is 22.2. The second-order valence-corrected chi connectivity index (χ2v) is 8.42. The summed E-state index contributed by atoms with van der Waals surface area (Å²) in [5.74, 6) is 0.597. The lowest BCUT2D eigenvalue weighted by Gasteiger charge is -2.42. The van der Waals surface area contributed by atoms with Crippen LogP contribution in [0.4, 0.5) is 0 Å². The highest BCUT2D eigenvalue weighted by atomic mass is 32.2. The number of rotatable bonds is 3. The van der Waals surface area contributed by atoms with Gasteiger partial charge in [-0.05, 0) is 26.0 Å². The van der Waals surface area contributed by atoms with Gasteiger partial charge in [-0.2, -0.15) is 4.31 Å². The molecule has 2 fully saturated rings. The van der Waals surface area contributed by atoms with E-state index in [2.05, 4.69) is 10.5 Å². The Bertz CT molecular complexity index is 948. The first-order valence-corrected chi connectivity index (χ1v) is 9.87. The van der Waals surface area contributed by atoms with Crippen molar-refractivity contribution in [1.82, 2.24) is 19.7 Å². The molecule has 4 rings (SSSR count). The highest BCUT2D eigenvalue weighted by Gasteiger charge is 2.40. The van der Waals surface area contributed by atoms with Crippen LogP contribution < -0.4 is 5.32 Å². The molecule has 0 aromatic carbocycles. The van der Waals surface area contributed by atoms with Crippen LogP contribution in [0.3, 0.4) is 0 Å². The molecule has 1 amide bonds. The number of furan rings is 1. The molecule has 1 N–H and O–H groups in total. The molecule has 2 aliphatic rings. The molecule has 140 valence electrons. The summed E-state index contributed by atoms with van der Waals surface area (Å²) in [5.41, 5.74) is 1.52. The minimum absolute atomic E-state index is 0.116. The number of hydrogen-bond acceptors (Lipinski definition) is 7. The van der Waals surface area contributed by atoms with E-state index in [-0.39, 0.29) is 17.5 Å². The number of hydrogen-bond donors (Lipinski definition) is 1. The lowest BCUT2D eigenvalue weighted by atomic mass is 10.1. The van der Waals surface area contributed by atoms with Crippen LogP contribution in [0.1, 0.15) is 11.3 Å². The fraction of sp³-hybridized carbons (Fsp3) is 0.500. The number of carbonyl (C=O) groups is 1. The average Bonchev–Trinajstić information content (AvgIpc) is 3.23. The third-order valence-electron chi connectivity index (χ3n) is 5.01. The molecule has 26 heavy (non-hydrogen) atoms. The highest BCUT2D eigenvalue weighted by molar-refractivity contribution is 7.89. The highest BCUT2D eigenvalue weighted by Crippen LogP contribution is 2.30. The van der Waals surface area contributed by atoms with Gasteiger partial charge in [0.05, 0.1) is 5.69 Å². The average molecular weight is 380 g/mol. The Balaban J connectivity index is 1.59. The van der Waals surface area contributed by atoms with Crippen molar-refractivity contribution in [3.63, 3.8) is 0 Å². The van der Waals surface area contributed by atoms with Crippen molar-refractivity contribution in [1.29, 1.82) is 0 Å². The predicted molar refractivity (Wildman–Crippen MR) is 90.8 cm³/mol. The number of aryl methyl sites for hydroxylation is 1. The van der Waals surface area contributed by atoms with Crippen LogP contribution >= 0.6 is 0 Å². The molecule has 2 aromatic heterocycles. The van der Waals surface area contributed by atoms with Crippen LogP contribution in [0.25, 0.3) is 11.5 Å². The molecule has 4 heterocycles. The summed E-state index contributed by atoms with van der Waals surface area (Å²) in [4.78, 5) is 14.1. The third kappa shape index (κ3) is 2.74. The Morgan fingerprint density at radius 2 is 2.04 bits per heavy atom. The van der Waals surface area contributed by atoms with Crippen LogP contribution in [-0.4, -0.2) is 67.5 Å². The van der Waals surface area contributed by atoms with E-state index < -0.39 is 16.1 Å². The van der Waals surface area contributed by atoms with Crippen molar-refractivity contribution in [3.05, 3.63) is 23.4 Å². The molecule has 0 saturated carbocycles. The SMILES string of the molecule is Cc1noc(-c2ccc(S(=O)(=O)N3CCN4CCNC(=O)C4C3)o2)c1C. The van der Waals surface area contributed by atoms with Crippen LogP contribution in [-0.2, 0) is 14.8 Å². The van der Waals surface area contributed by atoms with Crippen molar-refractivity contribution in [2.24, 2.45) is 0 Å². The van der Waals surface area contributed by atoms with Gasteiger partial charge in [0.1, 0.15) is 6.04 Å². The van der Waals surface area contributed by atoms with Gasteiger partial charge in [0, 0.05) is 38.3 Å². The third-order valence-corrected chi connectivity index (χ3v) is 6.75. The molecule has 2 aliphatic heterocycles. The molecule has 2 aromatic rings. The Kier molecular flexibility index (Phi) is 4.13. The molecule has 0 spiro atoms. The number of carbonyl (C=O) groups excluding carboxylic acids is 1. The number of piperazine rings is 2. The van der Waals surface area contributed by atoms with E-state index in [0.717, 1.165) is 17.8 Å². The largest absolute Gasteiger partial charge is 0.440 e. The maximum absolute atomic E-state index is 12.9. The summed E-state index contributed by atoms with van der Waals surface area (Å²) in [6, 6.07) is 2.51. The number of aromatic nitrogens is 1. The standard InChI is InChI=1S/C16H20N4O5S/c1-10-11(2)18-25-15(10)13-3-4-14(24-13)26(22,23)20-8-7-19-6-5-17-16(21)12(19)9-20/h3-4,12H,5-9H2,1-2H3,(H,17,21). The first-order chi connectivity index (χ1) is 12.4. The van der Waals surface area contributed by atoms with Gasteiger partial charge < -0.3 is 14.3 Å². The summed E-state index contributed by atoms with van der Waals surface area (Å²) in [6.07, 6.45) is 0. The van der Waals surface area contributed by atoms with Crippen molar-refractivity contribution in [3.8, 4) is 11.5 Å². The van der Waals surface area contributed by atoms with Gasteiger partial charge in [-0.15, -0.1) is 0 Å². The molecule has 10 heteroatoms. The lowest BCUT2D eigenvalue weighted by molar-refractivity contribution is -0.130. The molecule has 0 aliphatic carbocycles. The Hall–Kier alpha value is -2.17. The summed E-state index contributed by atoms with van der Waals surface area (Å²) in [6.45, 7) is 5.92. The van der Waals surface area contributed by atoms with E-state index >= 15 is 0 Å². The fourth-order valence-corrected chi connectivity index (χ4v) is 4.67. The quantitative estimate of drug-likeness (QED) is 0.819. The lowest BCUT2D eigenvalue weighted by Crippen LogP contribution is -2.64. The van der Waals surface area contributed by atoms with Crippen molar-refractivity contribution in [2.45, 2.75) is 25.0 Å². The van der Waals surface area contributed by atoms with Crippen molar-refractivity contribution < 1.29 is 22.2 Å². The first-order valence-electron chi connectivity index (χ1n) is 8.43. The Morgan fingerprint density at radius 3 is 2.77 bits per heavy atom. The van der Waals surface area contributed by atoms with Crippen LogP contribution in [0.15, 0.2) is 26.2 Å². The zero-order valence-electron chi connectivity index (χ0n) is 14.6. The number of amides is 1. The number of nitrogens with zero attached hydrogens (tertiary/aromatic N) is 3. The minimum Gasteiger partial charge on any atom is -0.440 e. The molecular weight excluding hydrogens is 360 g/mol. The maximum Gasteiger partial charge on any atom is 0.276 e. The van der Waals surface area contributed by atoms with E-state index in [1.54, 1.807) is 13.0 Å². The zero-order chi connectivity index (χ0) is 18.5. The zero-order valence-corrected chi connectivity index (χ0v) is 15.4. The monoisotopic (exact) mass is 380 g/mol. The molecule has 9 nitrogen and oxygen atoms in total. The van der Waals surface area contributed by atoms with Gasteiger partial charge in [-0.3, -0.25) is 9.69 Å². The smallest absolute Gasteiger partial charge is 0.276 e. The Morgan fingerprint density at radius 1 is 1.23 bits per heavy atom. The van der Waals surface area contributed by atoms with Gasteiger partial charge in [-0.1, -0.05) is 5.16 Å². The number of sulfonamides is 1. The predicted octanol–water partition coefficient (Wildman–Crippen LogP) is 0.356. The van der Waals surface area contributed by atoms with Gasteiger partial charge in [0.15, 0.2) is 5.76 Å². The second-order valence-electron chi connectivity index (χ2n) is 6.55. The van der Waals surface area contributed by atoms with E-state index in [0.29, 0.717) is 31.2 Å². The molecular formula is C16H20N4O5S. The van der Waals surface area contributed by atoms with Gasteiger partial charge in [0.2, 0.25) is 16.8 Å². The molecule has 1 atom stereocenters. The maximum atomic E-state index is 12.9. The molecule has 2 saturated heterocycles. The number of nitrogens with one attached hydrogen (secondary N) is 1. The summed E-state index contributed by atoms with van der Waals surface area (Å²) in [7, 11) is -3.83. The first kappa shape index (κ1) is 17.3. The van der Waals surface area contributed by atoms with Crippen LogP contribution in [0.5, 0.6) is 0 Å². The van der Waals surface area contributed by atoms with Gasteiger partial charge in [0.25, 0.3) is 10.0 Å². The summed E-state index contributed by atoms with van der Waals surface area (Å²) in [5, 5.41) is 6.48. The van der Waals surface area contributed by atoms with E-state index in [9.17, 15) is 13.2 Å².